The Labute approximate surface area is 94.2 Å². The van der Waals surface area contributed by atoms with E-state index >= 15 is 0 Å². The molecule has 0 aliphatic heterocycles. The van der Waals surface area contributed by atoms with E-state index in [4.69, 9.17) is 10.2 Å². The van der Waals surface area contributed by atoms with Gasteiger partial charge in [0, 0.05) is 12.2 Å². The van der Waals surface area contributed by atoms with Gasteiger partial charge in [0.2, 0.25) is 0 Å². The Bertz CT molecular complexity index is 345. The predicted molar refractivity (Wildman–Crippen MR) is 56.9 cm³/mol. The first-order chi connectivity index (χ1) is 7.28. The minimum absolute atomic E-state index is 0.0656. The van der Waals surface area contributed by atoms with Crippen molar-refractivity contribution >= 4 is 21.8 Å². The van der Waals surface area contributed by atoms with Gasteiger partial charge >= 0.3 is 11.9 Å². The van der Waals surface area contributed by atoms with Crippen LogP contribution >= 0.6 is 0 Å². The summed E-state index contributed by atoms with van der Waals surface area (Å²) in [6.45, 7) is 1.69. The summed E-state index contributed by atoms with van der Waals surface area (Å²) in [5.74, 6) is -4.07. The van der Waals surface area contributed by atoms with Gasteiger partial charge in [0.1, 0.15) is 0 Å². The zero-order valence-electron chi connectivity index (χ0n) is 9.05. The number of carbonyl (C=O) groups is 2. The molecule has 0 saturated heterocycles. The van der Waals surface area contributed by atoms with Crippen molar-refractivity contribution in [2.24, 2.45) is 5.92 Å². The monoisotopic (exact) mass is 252 g/mol. The summed E-state index contributed by atoms with van der Waals surface area (Å²) < 4.78 is 22.8. The van der Waals surface area contributed by atoms with Gasteiger partial charge in [0.25, 0.3) is 0 Å². The maximum atomic E-state index is 11.4. The van der Waals surface area contributed by atoms with E-state index in [2.05, 4.69) is 0 Å². The molecule has 2 N–H and O–H groups in total. The molecule has 0 aliphatic rings. The molecule has 0 aromatic carbocycles. The molecule has 0 radical (unpaired) electrons. The van der Waals surface area contributed by atoms with E-state index < -0.39 is 33.4 Å². The third-order valence-corrected chi connectivity index (χ3v) is 3.97. The molecule has 7 heteroatoms. The van der Waals surface area contributed by atoms with Crippen molar-refractivity contribution in [3.8, 4) is 0 Å². The number of carboxylic acids is 2. The van der Waals surface area contributed by atoms with Gasteiger partial charge in [-0.1, -0.05) is 6.92 Å². The predicted octanol–water partition coefficient (Wildman–Crippen LogP) is 0.377. The van der Waals surface area contributed by atoms with E-state index in [9.17, 15) is 18.0 Å². The smallest absolute Gasteiger partial charge is 0.307 e. The van der Waals surface area contributed by atoms with Gasteiger partial charge < -0.3 is 10.2 Å². The highest BCUT2D eigenvalue weighted by molar-refractivity contribution is 7.91. The highest BCUT2D eigenvalue weighted by Crippen LogP contribution is 2.11. The molecule has 0 aromatic rings. The zero-order valence-corrected chi connectivity index (χ0v) is 9.87. The molecule has 94 valence electrons. The van der Waals surface area contributed by atoms with Crippen molar-refractivity contribution in [3.05, 3.63) is 0 Å². The number of hydrogen-bond donors (Lipinski definition) is 2. The number of carboxylic acid groups (broad SMARTS) is 2. The van der Waals surface area contributed by atoms with Crippen LogP contribution in [0.4, 0.5) is 0 Å². The fourth-order valence-electron chi connectivity index (χ4n) is 1.28. The van der Waals surface area contributed by atoms with Gasteiger partial charge in [0.15, 0.2) is 9.84 Å². The second kappa shape index (κ2) is 6.47. The Morgan fingerprint density at radius 1 is 1.25 bits per heavy atom. The Hall–Kier alpha value is -1.11. The first-order valence-electron chi connectivity index (χ1n) is 4.93. The van der Waals surface area contributed by atoms with Gasteiger partial charge in [-0.15, -0.1) is 0 Å². The average Bonchev–Trinajstić information content (AvgIpc) is 2.11. The minimum atomic E-state index is -3.40. The normalized spacial score (nSPS) is 13.3. The molecular weight excluding hydrogens is 236 g/mol. The summed E-state index contributed by atoms with van der Waals surface area (Å²) >= 11 is 0. The van der Waals surface area contributed by atoms with Crippen molar-refractivity contribution in [3.63, 3.8) is 0 Å². The molecule has 1 atom stereocenters. The molecule has 0 spiro atoms. The van der Waals surface area contributed by atoms with E-state index in [-0.39, 0.29) is 18.6 Å². The van der Waals surface area contributed by atoms with Gasteiger partial charge in [-0.3, -0.25) is 9.59 Å². The van der Waals surface area contributed by atoms with Crippen LogP contribution in [-0.2, 0) is 19.4 Å². The van der Waals surface area contributed by atoms with Crippen LogP contribution in [0.5, 0.6) is 0 Å². The number of aliphatic carboxylic acids is 2. The van der Waals surface area contributed by atoms with Gasteiger partial charge in [0.05, 0.1) is 11.7 Å². The van der Waals surface area contributed by atoms with E-state index in [1.54, 1.807) is 6.92 Å². The summed E-state index contributed by atoms with van der Waals surface area (Å²) in [4.78, 5) is 21.0. The first-order valence-corrected chi connectivity index (χ1v) is 6.75. The van der Waals surface area contributed by atoms with E-state index in [0.29, 0.717) is 6.42 Å². The van der Waals surface area contributed by atoms with E-state index in [1.165, 1.54) is 0 Å². The lowest BCUT2D eigenvalue weighted by molar-refractivity contribution is -0.142. The van der Waals surface area contributed by atoms with Crippen LogP contribution in [0.1, 0.15) is 26.2 Å². The summed E-state index contributed by atoms with van der Waals surface area (Å²) in [5.41, 5.74) is 0. The van der Waals surface area contributed by atoms with Crippen molar-refractivity contribution in [2.75, 3.05) is 11.5 Å². The average molecular weight is 252 g/mol. The number of sulfone groups is 1. The third-order valence-electron chi connectivity index (χ3n) is 2.03. The molecular formula is C9H16O6S. The molecule has 0 aromatic heterocycles. The van der Waals surface area contributed by atoms with Crippen LogP contribution in [-0.4, -0.2) is 42.1 Å². The van der Waals surface area contributed by atoms with Crippen LogP contribution < -0.4 is 0 Å². The molecule has 0 heterocycles. The fourth-order valence-corrected chi connectivity index (χ4v) is 2.99. The Kier molecular flexibility index (Phi) is 6.02. The van der Waals surface area contributed by atoms with Crippen molar-refractivity contribution in [2.45, 2.75) is 26.2 Å². The number of rotatable bonds is 8. The van der Waals surface area contributed by atoms with Crippen molar-refractivity contribution in [1.82, 2.24) is 0 Å². The highest BCUT2D eigenvalue weighted by Gasteiger charge is 2.25. The van der Waals surface area contributed by atoms with Crippen LogP contribution in [0.3, 0.4) is 0 Å². The van der Waals surface area contributed by atoms with E-state index in [1.807, 2.05) is 0 Å². The Morgan fingerprint density at radius 2 is 1.81 bits per heavy atom. The highest BCUT2D eigenvalue weighted by atomic mass is 32.2. The maximum Gasteiger partial charge on any atom is 0.307 e. The van der Waals surface area contributed by atoms with Gasteiger partial charge in [-0.2, -0.15) is 0 Å². The fraction of sp³-hybridized carbons (Fsp3) is 0.778. The molecule has 0 fully saturated rings. The van der Waals surface area contributed by atoms with Gasteiger partial charge in [-0.25, -0.2) is 8.42 Å². The van der Waals surface area contributed by atoms with Crippen molar-refractivity contribution < 1.29 is 28.2 Å². The lowest BCUT2D eigenvalue weighted by atomic mass is 10.1. The lowest BCUT2D eigenvalue weighted by Crippen LogP contribution is -2.26. The molecule has 0 saturated carbocycles. The minimum Gasteiger partial charge on any atom is -0.481 e. The van der Waals surface area contributed by atoms with Gasteiger partial charge in [-0.05, 0) is 12.8 Å². The zero-order chi connectivity index (χ0) is 12.8. The van der Waals surface area contributed by atoms with Crippen molar-refractivity contribution in [1.29, 1.82) is 0 Å². The Morgan fingerprint density at radius 3 is 2.19 bits per heavy atom. The molecule has 1 unspecified atom stereocenters. The summed E-state index contributed by atoms with van der Waals surface area (Å²) in [5, 5.41) is 17.2. The van der Waals surface area contributed by atoms with Crippen LogP contribution in [0.2, 0.25) is 0 Å². The van der Waals surface area contributed by atoms with Crippen LogP contribution in [0.15, 0.2) is 0 Å². The molecule has 0 bridgehead atoms. The maximum absolute atomic E-state index is 11.4. The largest absolute Gasteiger partial charge is 0.481 e. The lowest BCUT2D eigenvalue weighted by Gasteiger charge is -2.10. The first kappa shape index (κ1) is 14.9. The quantitative estimate of drug-likeness (QED) is 0.646. The molecule has 6 nitrogen and oxygen atoms in total. The molecule has 16 heavy (non-hydrogen) atoms. The molecule has 0 aliphatic carbocycles. The summed E-state index contributed by atoms with van der Waals surface area (Å²) in [6, 6.07) is 0. The van der Waals surface area contributed by atoms with E-state index in [0.717, 1.165) is 0 Å². The second-order valence-electron chi connectivity index (χ2n) is 3.58. The molecule has 0 rings (SSSR count). The summed E-state index contributed by atoms with van der Waals surface area (Å²) in [7, 11) is -3.40. The molecule has 0 amide bonds. The second-order valence-corrected chi connectivity index (χ2v) is 5.81. The standard InChI is InChI=1S/C9H16O6S/c1-2-5-16(14,15)6-7(9(12)13)3-4-8(10)11/h7H,2-6H2,1H3,(H,10,11)(H,12,13). The van der Waals surface area contributed by atoms with Crippen LogP contribution in [0.25, 0.3) is 0 Å². The van der Waals surface area contributed by atoms with Crippen LogP contribution in [0, 0.1) is 5.92 Å². The number of hydrogen-bond acceptors (Lipinski definition) is 4. The topological polar surface area (TPSA) is 109 Å². The SMILES string of the molecule is CCCS(=O)(=O)CC(CCC(=O)O)C(=O)O. The Balaban J connectivity index is 4.45. The third kappa shape index (κ3) is 6.39. The summed E-state index contributed by atoms with van der Waals surface area (Å²) in [6.07, 6.45) is -0.0696.